The van der Waals surface area contributed by atoms with E-state index in [9.17, 15) is 29.0 Å². The highest BCUT2D eigenvalue weighted by atomic mass is 19.1. The molecule has 11 heteroatoms. The van der Waals surface area contributed by atoms with E-state index in [4.69, 9.17) is 4.74 Å². The second-order valence-electron chi connectivity index (χ2n) is 9.64. The van der Waals surface area contributed by atoms with Gasteiger partial charge in [-0.05, 0) is 56.7 Å². The fraction of sp³-hybridized carbons (Fsp3) is 0.200. The van der Waals surface area contributed by atoms with Crippen molar-refractivity contribution in [3.8, 4) is 17.0 Å². The Kier molecular flexibility index (Phi) is 8.08. The van der Waals surface area contributed by atoms with Crippen LogP contribution >= 0.6 is 0 Å². The highest BCUT2D eigenvalue weighted by Gasteiger charge is 2.37. The monoisotopic (exact) mass is 560 g/mol. The average molecular weight is 561 g/mol. The van der Waals surface area contributed by atoms with Crippen molar-refractivity contribution < 1.29 is 33.7 Å². The van der Waals surface area contributed by atoms with Crippen molar-refractivity contribution in [1.82, 2.24) is 15.1 Å². The van der Waals surface area contributed by atoms with Gasteiger partial charge in [0.05, 0.1) is 11.4 Å². The number of halogens is 1. The molecule has 2 atom stereocenters. The van der Waals surface area contributed by atoms with Crippen LogP contribution in [0.2, 0.25) is 0 Å². The van der Waals surface area contributed by atoms with Crippen molar-refractivity contribution in [2.45, 2.75) is 32.4 Å². The number of aliphatic carboxylic acids is 1. The standard InChI is InChI=1S/C30H29FN4O6/c1-17-25(32-29(40)41-18(2)23-7-5-6-8-24(23)31)26(34-35(17)4)19-9-11-20(12-10-19)27(37)33-30(3,28(38)39)21-13-15-22(36)16-14-21/h5-16,18,36H,1-4H3,(H,32,40)(H,33,37)(H,38,39). The molecule has 4 aromatic rings. The van der Waals surface area contributed by atoms with E-state index >= 15 is 0 Å². The normalized spacial score (nSPS) is 13.1. The second-order valence-corrected chi connectivity index (χ2v) is 9.64. The Morgan fingerprint density at radius 2 is 1.66 bits per heavy atom. The molecule has 0 spiro atoms. The van der Waals surface area contributed by atoms with E-state index in [1.807, 2.05) is 0 Å². The molecule has 212 valence electrons. The first-order chi connectivity index (χ1) is 19.4. The van der Waals surface area contributed by atoms with Gasteiger partial charge < -0.3 is 20.3 Å². The summed E-state index contributed by atoms with van der Waals surface area (Å²) in [4.78, 5) is 37.8. The number of amides is 2. The van der Waals surface area contributed by atoms with Crippen molar-refractivity contribution in [1.29, 1.82) is 0 Å². The first-order valence-corrected chi connectivity index (χ1v) is 12.6. The smallest absolute Gasteiger partial charge is 0.412 e. The van der Waals surface area contributed by atoms with Gasteiger partial charge in [-0.1, -0.05) is 42.5 Å². The third-order valence-electron chi connectivity index (χ3n) is 6.84. The number of carbonyl (C=O) groups excluding carboxylic acids is 2. The number of phenols is 1. The summed E-state index contributed by atoms with van der Waals surface area (Å²) < 4.78 is 21.1. The number of nitrogens with one attached hydrogen (secondary N) is 2. The van der Waals surface area contributed by atoms with Crippen LogP contribution in [-0.4, -0.2) is 38.0 Å². The molecule has 0 aliphatic heterocycles. The quantitative estimate of drug-likeness (QED) is 0.230. The lowest BCUT2D eigenvalue weighted by Crippen LogP contribution is -2.49. The molecule has 0 bridgehead atoms. The summed E-state index contributed by atoms with van der Waals surface area (Å²) in [7, 11) is 1.70. The minimum atomic E-state index is -1.75. The largest absolute Gasteiger partial charge is 0.508 e. The van der Waals surface area contributed by atoms with Gasteiger partial charge in [0.15, 0.2) is 5.54 Å². The van der Waals surface area contributed by atoms with Gasteiger partial charge in [-0.2, -0.15) is 5.10 Å². The molecule has 3 aromatic carbocycles. The number of hydrogen-bond donors (Lipinski definition) is 4. The average Bonchev–Trinajstić information content (AvgIpc) is 3.21. The number of carboxylic acids is 1. The van der Waals surface area contributed by atoms with Crippen molar-refractivity contribution in [3.05, 3.63) is 101 Å². The zero-order valence-corrected chi connectivity index (χ0v) is 22.8. The van der Waals surface area contributed by atoms with E-state index in [0.717, 1.165) is 0 Å². The van der Waals surface area contributed by atoms with E-state index in [0.29, 0.717) is 22.6 Å². The molecule has 0 aliphatic carbocycles. The third kappa shape index (κ3) is 6.03. The molecule has 1 aromatic heterocycles. The van der Waals surface area contributed by atoms with Gasteiger partial charge >= 0.3 is 12.1 Å². The minimum Gasteiger partial charge on any atom is -0.508 e. The first-order valence-electron chi connectivity index (χ1n) is 12.6. The molecule has 2 amide bonds. The number of aromatic nitrogens is 2. The van der Waals surface area contributed by atoms with Crippen molar-refractivity contribution in [2.75, 3.05) is 5.32 Å². The van der Waals surface area contributed by atoms with E-state index in [2.05, 4.69) is 15.7 Å². The summed E-state index contributed by atoms with van der Waals surface area (Å²) in [6.07, 6.45) is -1.64. The topological polar surface area (TPSA) is 143 Å². The Bertz CT molecular complexity index is 1600. The molecule has 41 heavy (non-hydrogen) atoms. The van der Waals surface area contributed by atoms with Gasteiger partial charge in [0.1, 0.15) is 23.4 Å². The maximum atomic E-state index is 14.1. The number of carbonyl (C=O) groups is 3. The van der Waals surface area contributed by atoms with Crippen LogP contribution in [0.25, 0.3) is 11.3 Å². The molecule has 10 nitrogen and oxygen atoms in total. The van der Waals surface area contributed by atoms with Crippen LogP contribution < -0.4 is 10.6 Å². The molecule has 1 heterocycles. The molecule has 0 saturated heterocycles. The van der Waals surface area contributed by atoms with Gasteiger partial charge in [-0.25, -0.2) is 14.0 Å². The second kappa shape index (κ2) is 11.5. The van der Waals surface area contributed by atoms with Crippen molar-refractivity contribution >= 4 is 23.7 Å². The fourth-order valence-electron chi connectivity index (χ4n) is 4.24. The maximum Gasteiger partial charge on any atom is 0.412 e. The van der Waals surface area contributed by atoms with Crippen LogP contribution in [-0.2, 0) is 22.1 Å². The number of phenolic OH excluding ortho intramolecular Hbond substituents is 1. The number of aryl methyl sites for hydroxylation is 1. The highest BCUT2D eigenvalue weighted by molar-refractivity contribution is 5.99. The summed E-state index contributed by atoms with van der Waals surface area (Å²) in [6.45, 7) is 4.68. The Morgan fingerprint density at radius 3 is 2.27 bits per heavy atom. The number of rotatable bonds is 8. The van der Waals surface area contributed by atoms with E-state index in [1.165, 1.54) is 55.5 Å². The van der Waals surface area contributed by atoms with Crippen LogP contribution in [0, 0.1) is 12.7 Å². The number of aromatic hydroxyl groups is 1. The summed E-state index contributed by atoms with van der Waals surface area (Å²) in [5.41, 5.74) is 0.950. The maximum absolute atomic E-state index is 14.1. The molecule has 0 saturated carbocycles. The highest BCUT2D eigenvalue weighted by Crippen LogP contribution is 2.31. The molecule has 4 N–H and O–H groups in total. The molecule has 2 unspecified atom stereocenters. The lowest BCUT2D eigenvalue weighted by Gasteiger charge is -2.27. The van der Waals surface area contributed by atoms with Crippen LogP contribution in [0.1, 0.15) is 47.1 Å². The summed E-state index contributed by atoms with van der Waals surface area (Å²) in [5, 5.41) is 29.1. The number of ether oxygens (including phenoxy) is 1. The molecular weight excluding hydrogens is 531 g/mol. The van der Waals surface area contributed by atoms with E-state index in [-0.39, 0.29) is 22.4 Å². The number of carboxylic acid groups (broad SMARTS) is 1. The third-order valence-corrected chi connectivity index (χ3v) is 6.84. The van der Waals surface area contributed by atoms with Gasteiger partial charge in [-0.15, -0.1) is 0 Å². The van der Waals surface area contributed by atoms with Crippen LogP contribution in [0.3, 0.4) is 0 Å². The lowest BCUT2D eigenvalue weighted by atomic mass is 9.91. The van der Waals surface area contributed by atoms with Gasteiger partial charge in [0.2, 0.25) is 0 Å². The summed E-state index contributed by atoms with van der Waals surface area (Å²) in [5.74, 6) is -2.42. The SMILES string of the molecule is Cc1c(NC(=O)OC(C)c2ccccc2F)c(-c2ccc(C(=O)NC(C)(C(=O)O)c3ccc(O)cc3)cc2)nn1C. The fourth-order valence-corrected chi connectivity index (χ4v) is 4.24. The molecular formula is C30H29FN4O6. The Balaban J connectivity index is 1.53. The van der Waals surface area contributed by atoms with E-state index < -0.39 is 35.4 Å². The Labute approximate surface area is 235 Å². The van der Waals surface area contributed by atoms with Crippen LogP contribution in [0.15, 0.2) is 72.8 Å². The van der Waals surface area contributed by atoms with Gasteiger partial charge in [0.25, 0.3) is 5.91 Å². The predicted octanol–water partition coefficient (Wildman–Crippen LogP) is 5.28. The van der Waals surface area contributed by atoms with Gasteiger partial charge in [0, 0.05) is 23.7 Å². The van der Waals surface area contributed by atoms with Crippen LogP contribution in [0.5, 0.6) is 5.75 Å². The zero-order valence-electron chi connectivity index (χ0n) is 22.8. The first kappa shape index (κ1) is 28.8. The zero-order chi connectivity index (χ0) is 29.9. The number of anilines is 1. The lowest BCUT2D eigenvalue weighted by molar-refractivity contribution is -0.144. The van der Waals surface area contributed by atoms with Crippen molar-refractivity contribution in [3.63, 3.8) is 0 Å². The summed E-state index contributed by atoms with van der Waals surface area (Å²) in [6, 6.07) is 17.8. The Hall–Kier alpha value is -5.19. The minimum absolute atomic E-state index is 0.0325. The molecule has 0 radical (unpaired) electrons. The number of hydrogen-bond acceptors (Lipinski definition) is 6. The van der Waals surface area contributed by atoms with Crippen LogP contribution in [0.4, 0.5) is 14.9 Å². The van der Waals surface area contributed by atoms with E-state index in [1.54, 1.807) is 49.8 Å². The summed E-state index contributed by atoms with van der Waals surface area (Å²) >= 11 is 0. The molecule has 4 rings (SSSR count). The number of benzene rings is 3. The van der Waals surface area contributed by atoms with Gasteiger partial charge in [-0.3, -0.25) is 14.8 Å². The predicted molar refractivity (Wildman–Crippen MR) is 149 cm³/mol. The Morgan fingerprint density at radius 1 is 1.02 bits per heavy atom. The molecule has 0 fully saturated rings. The van der Waals surface area contributed by atoms with Crippen molar-refractivity contribution in [2.24, 2.45) is 7.05 Å². The number of nitrogens with zero attached hydrogens (tertiary/aromatic N) is 2. The molecule has 0 aliphatic rings.